The van der Waals surface area contributed by atoms with Crippen molar-refractivity contribution < 1.29 is 37.0 Å². The van der Waals surface area contributed by atoms with E-state index < -0.39 is 18.2 Å². The summed E-state index contributed by atoms with van der Waals surface area (Å²) in [4.78, 5) is 61.2. The zero-order valence-corrected chi connectivity index (χ0v) is 54.1. The summed E-state index contributed by atoms with van der Waals surface area (Å²) in [5.74, 6) is 2.08. The zero-order chi connectivity index (χ0) is 67.1. The molecule has 0 saturated heterocycles. The van der Waals surface area contributed by atoms with E-state index in [9.17, 15) is 27.2 Å². The van der Waals surface area contributed by atoms with E-state index in [4.69, 9.17) is 25.5 Å². The number of Topliss-reactive ketones (excluding diaryl/α,β-unsaturated/α-hetero) is 1. The van der Waals surface area contributed by atoms with Crippen LogP contribution >= 0.6 is 15.9 Å². The number of rotatable bonds is 13. The van der Waals surface area contributed by atoms with Crippen LogP contribution in [0.1, 0.15) is 31.8 Å². The number of aryl methyl sites for hydroxylation is 4. The second kappa shape index (κ2) is 31.7. The number of aliphatic hydroxyl groups is 1. The average Bonchev–Trinajstić information content (AvgIpc) is 1.66. The van der Waals surface area contributed by atoms with Gasteiger partial charge >= 0.3 is 5.97 Å². The minimum atomic E-state index is -0.523. The highest BCUT2D eigenvalue weighted by Gasteiger charge is 2.21. The smallest absolute Gasteiger partial charge is 0.337 e. The number of carbonyl (C=O) groups excluding carboxylic acids is 2. The Morgan fingerprint density at radius 2 is 0.885 bits per heavy atom. The summed E-state index contributed by atoms with van der Waals surface area (Å²) in [5, 5.41) is 12.1. The van der Waals surface area contributed by atoms with Crippen molar-refractivity contribution in [2.75, 3.05) is 34.6 Å². The number of nitrogens with zero attached hydrogens (tertiary/aromatic N) is 14. The van der Waals surface area contributed by atoms with Crippen LogP contribution in [0.25, 0.3) is 44.1 Å². The summed E-state index contributed by atoms with van der Waals surface area (Å²) in [7, 11) is 9.03. The third kappa shape index (κ3) is 16.7. The first-order chi connectivity index (χ1) is 45.9. The Labute approximate surface area is 556 Å². The van der Waals surface area contributed by atoms with Crippen LogP contribution in [0.15, 0.2) is 224 Å². The van der Waals surface area contributed by atoms with E-state index in [1.54, 1.807) is 48.5 Å². The summed E-state index contributed by atoms with van der Waals surface area (Å²) in [6.07, 6.45) is 4.69. The lowest BCUT2D eigenvalue weighted by Gasteiger charge is -2.23. The number of nitrogens with two attached hydrogens (primary N) is 1. The standard InChI is InChI=1S/2C22H19FN4O2.C13H11FN4.C8H9N3.C5H3BrFN.H3N/c1-26-19-6-4-3-5-18(19)25-22(26)27(20-12-11-17(23)13-24-20)14-15-7-9-16(10-8-15)21(28)29-2;1-26-19-5-3-2-4-18(19)25-22(26)27(21-11-10-17(23)12-24-21)13-15-6-8-16(9-7-15)20(29)14-28;1-18-11-5-3-2-4-10(11)16-13(18)17-12-7-6-9(14)8-15-12;1-11-7-5-3-2-4-6(7)10-8(11)9;6-5-2-1-4(7)3-8-5;/h3-13H,14H2,1-2H3;2-12,28H,13-14H2,1H3;2-8H,1H3,(H,15,16,17);2-5H,1H3,(H2,9,10);1-3H;1H3. The van der Waals surface area contributed by atoms with Gasteiger partial charge in [0.1, 0.15) is 51.9 Å². The molecule has 14 aromatic rings. The Kier molecular flexibility index (Phi) is 22.7. The van der Waals surface area contributed by atoms with Gasteiger partial charge in [0.25, 0.3) is 0 Å². The summed E-state index contributed by atoms with van der Waals surface area (Å²) >= 11 is 3.07. The summed E-state index contributed by atoms with van der Waals surface area (Å²) in [6, 6.07) is 57.3. The van der Waals surface area contributed by atoms with Crippen molar-refractivity contribution in [2.24, 2.45) is 28.2 Å². The molecule has 6 aromatic carbocycles. The molecule has 0 bridgehead atoms. The van der Waals surface area contributed by atoms with Crippen LogP contribution in [0, 0.1) is 23.3 Å². The molecule has 0 fully saturated rings. The normalized spacial score (nSPS) is 10.6. The lowest BCUT2D eigenvalue weighted by molar-refractivity contribution is 0.0600. The van der Waals surface area contributed by atoms with E-state index in [2.05, 4.69) is 51.2 Å². The van der Waals surface area contributed by atoms with Crippen molar-refractivity contribution in [3.8, 4) is 0 Å². The predicted molar refractivity (Wildman–Crippen MR) is 367 cm³/mol. The number of nitrogens with one attached hydrogen (secondary N) is 1. The predicted octanol–water partition coefficient (Wildman–Crippen LogP) is 14.0. The SMILES string of the molecule is COC(=O)c1ccc(CN(c2ccc(F)cn2)c2nc3ccccc3n2C)cc1.Cn1c(N(Cc2ccc(C(=O)CO)cc2)c2ccc(F)cn2)nc2ccccc21.Cn1c(N)nc2ccccc21.Cn1c(Nc2ccc(F)cn2)nc2ccccc21.Fc1ccc(Br)nc1.N. The van der Waals surface area contributed by atoms with Crippen LogP contribution in [-0.4, -0.2) is 88.7 Å². The number of methoxy groups -OCH3 is 1. The number of pyridine rings is 4. The lowest BCUT2D eigenvalue weighted by atomic mass is 10.1. The highest BCUT2D eigenvalue weighted by molar-refractivity contribution is 9.10. The quantitative estimate of drug-likeness (QED) is 0.0362. The van der Waals surface area contributed by atoms with E-state index >= 15 is 0 Å². The maximum atomic E-state index is 13.4. The monoisotopic (exact) mass is 1360 g/mol. The number of esters is 1. The molecule has 26 heteroatoms. The van der Waals surface area contributed by atoms with Crippen LogP contribution in [0.2, 0.25) is 0 Å². The number of ether oxygens (including phenoxy) is 1. The van der Waals surface area contributed by atoms with Gasteiger partial charge in [0, 0.05) is 33.8 Å². The highest BCUT2D eigenvalue weighted by Crippen LogP contribution is 2.31. The second-order valence-corrected chi connectivity index (χ2v) is 21.8. The molecular weight excluding hydrogens is 1300 g/mol. The Morgan fingerprint density at radius 3 is 1.26 bits per heavy atom. The Hall–Kier alpha value is -11.7. The van der Waals surface area contributed by atoms with Gasteiger partial charge in [0.05, 0.1) is 94.7 Å². The molecule has 488 valence electrons. The Bertz CT molecular complexity index is 4690. The van der Waals surface area contributed by atoms with Gasteiger partial charge in [-0.1, -0.05) is 84.9 Å². The number of carbonyl (C=O) groups is 2. The van der Waals surface area contributed by atoms with Crippen LogP contribution in [-0.2, 0) is 46.0 Å². The Balaban J connectivity index is 0.000000150. The molecule has 0 aliphatic rings. The fourth-order valence-electron chi connectivity index (χ4n) is 9.77. The number of aliphatic hydroxyl groups excluding tert-OH is 1. The molecule has 0 aliphatic carbocycles. The lowest BCUT2D eigenvalue weighted by Crippen LogP contribution is -2.21. The number of benzene rings is 6. The van der Waals surface area contributed by atoms with Gasteiger partial charge in [-0.25, -0.2) is 62.2 Å². The van der Waals surface area contributed by atoms with Crippen molar-refractivity contribution in [3.05, 3.63) is 269 Å². The molecule has 8 aromatic heterocycles. The molecule has 0 radical (unpaired) electrons. The topological polar surface area (TPSA) is 266 Å². The van der Waals surface area contributed by atoms with E-state index in [0.717, 1.165) is 61.5 Å². The van der Waals surface area contributed by atoms with Gasteiger partial charge in [-0.15, -0.1) is 0 Å². The number of hydrogen-bond donors (Lipinski definition) is 4. The fourth-order valence-corrected chi connectivity index (χ4v) is 10.0. The third-order valence-corrected chi connectivity index (χ3v) is 15.2. The van der Waals surface area contributed by atoms with Gasteiger partial charge < -0.3 is 45.3 Å². The van der Waals surface area contributed by atoms with Crippen molar-refractivity contribution in [1.82, 2.24) is 64.3 Å². The number of nitrogen functional groups attached to an aromatic ring is 1. The van der Waals surface area contributed by atoms with Crippen LogP contribution in [0.4, 0.5) is 58.8 Å². The van der Waals surface area contributed by atoms with Gasteiger partial charge in [-0.05, 0) is 136 Å². The van der Waals surface area contributed by atoms with Crippen LogP contribution < -0.4 is 27.0 Å². The number of para-hydroxylation sites is 8. The maximum Gasteiger partial charge on any atom is 0.337 e. The second-order valence-electron chi connectivity index (χ2n) is 21.0. The van der Waals surface area contributed by atoms with Gasteiger partial charge in [-0.3, -0.25) is 14.6 Å². The molecule has 14 rings (SSSR count). The minimum absolute atomic E-state index is 0. The van der Waals surface area contributed by atoms with Crippen LogP contribution in [0.5, 0.6) is 0 Å². The van der Waals surface area contributed by atoms with E-state index in [0.29, 0.717) is 70.1 Å². The molecule has 96 heavy (non-hydrogen) atoms. The molecule has 0 amide bonds. The van der Waals surface area contributed by atoms with Crippen molar-refractivity contribution in [3.63, 3.8) is 0 Å². The molecule has 0 aliphatic heterocycles. The maximum absolute atomic E-state index is 13.4. The first kappa shape index (κ1) is 68.6. The molecule has 7 N–H and O–H groups in total. The van der Waals surface area contributed by atoms with Crippen molar-refractivity contribution in [1.29, 1.82) is 0 Å². The first-order valence-electron chi connectivity index (χ1n) is 29.2. The summed E-state index contributed by atoms with van der Waals surface area (Å²) < 4.78 is 64.8. The largest absolute Gasteiger partial charge is 0.465 e. The number of halogens is 5. The van der Waals surface area contributed by atoms with Crippen LogP contribution in [0.3, 0.4) is 0 Å². The summed E-state index contributed by atoms with van der Waals surface area (Å²) in [5.41, 5.74) is 16.0. The van der Waals surface area contributed by atoms with Crippen molar-refractivity contribution >= 4 is 113 Å². The highest BCUT2D eigenvalue weighted by atomic mass is 79.9. The van der Waals surface area contributed by atoms with Crippen molar-refractivity contribution in [2.45, 2.75) is 13.1 Å². The summed E-state index contributed by atoms with van der Waals surface area (Å²) in [6.45, 7) is 0.339. The molecule has 0 atom stereocenters. The average molecular weight is 1360 g/mol. The molecule has 0 spiro atoms. The van der Waals surface area contributed by atoms with Gasteiger partial charge in [0.2, 0.25) is 23.8 Å². The molecule has 0 unspecified atom stereocenters. The number of aromatic nitrogens is 12. The van der Waals surface area contributed by atoms with Gasteiger partial charge in [-0.2, -0.15) is 0 Å². The molecular formula is C70H64BrF4N17O4. The number of ketones is 1. The number of anilines is 7. The van der Waals surface area contributed by atoms with E-state index in [1.165, 1.54) is 50.0 Å². The number of fused-ring (bicyclic) bond motifs is 4. The Morgan fingerprint density at radius 1 is 0.490 bits per heavy atom. The fraction of sp³-hybridized carbons (Fsp3) is 0.114. The molecule has 0 saturated carbocycles. The van der Waals surface area contributed by atoms with E-state index in [-0.39, 0.29) is 29.5 Å². The zero-order valence-electron chi connectivity index (χ0n) is 52.5. The van der Waals surface area contributed by atoms with Gasteiger partial charge in [0.15, 0.2) is 5.78 Å². The number of hydrogen-bond acceptors (Lipinski definition) is 17. The first-order valence-corrected chi connectivity index (χ1v) is 30.0. The molecule has 21 nitrogen and oxygen atoms in total. The van der Waals surface area contributed by atoms with E-state index in [1.807, 2.05) is 178 Å². The number of imidazole rings is 4. The minimum Gasteiger partial charge on any atom is -0.465 e. The molecule has 8 heterocycles. The third-order valence-electron chi connectivity index (χ3n) is 14.7.